The molecule has 125 valence electrons. The topological polar surface area (TPSA) is 93.6 Å². The number of carbonyl (C=O) groups is 2. The van der Waals surface area contributed by atoms with E-state index < -0.39 is 5.91 Å². The van der Waals surface area contributed by atoms with Crippen molar-refractivity contribution in [1.29, 1.82) is 0 Å². The number of nitrogens with zero attached hydrogens (tertiary/aromatic N) is 4. The molecule has 0 bridgehead atoms. The Morgan fingerprint density at radius 2 is 1.88 bits per heavy atom. The van der Waals surface area contributed by atoms with Gasteiger partial charge in [0.25, 0.3) is 5.91 Å². The molecule has 2 amide bonds. The quantitative estimate of drug-likeness (QED) is 0.772. The molecule has 1 aliphatic heterocycles. The Kier molecular flexibility index (Phi) is 3.68. The summed E-state index contributed by atoms with van der Waals surface area (Å²) in [5.41, 5.74) is 8.69. The highest BCUT2D eigenvalue weighted by Crippen LogP contribution is 2.22. The lowest BCUT2D eigenvalue weighted by molar-refractivity contribution is -0.133. The first-order valence-electron chi connectivity index (χ1n) is 8.06. The maximum Gasteiger partial charge on any atom is 0.252 e. The second kappa shape index (κ2) is 6.01. The summed E-state index contributed by atoms with van der Waals surface area (Å²) in [5, 5.41) is 4.06. The van der Waals surface area contributed by atoms with Gasteiger partial charge in [-0.15, -0.1) is 5.10 Å². The van der Waals surface area contributed by atoms with Crippen molar-refractivity contribution >= 4 is 17.5 Å². The molecule has 1 saturated heterocycles. The van der Waals surface area contributed by atoms with Gasteiger partial charge < -0.3 is 10.6 Å². The van der Waals surface area contributed by atoms with Crippen LogP contribution in [0.5, 0.6) is 0 Å². The Labute approximate surface area is 144 Å². The number of hydrogen-bond donors (Lipinski definition) is 1. The molecule has 2 aromatic heterocycles. The fraction of sp³-hybridized carbons (Fsp3) is 0.222. The highest BCUT2D eigenvalue weighted by molar-refractivity contribution is 5.99. The van der Waals surface area contributed by atoms with Crippen molar-refractivity contribution in [3.63, 3.8) is 0 Å². The van der Waals surface area contributed by atoms with E-state index in [2.05, 4.69) is 16.4 Å². The Morgan fingerprint density at radius 3 is 2.52 bits per heavy atom. The van der Waals surface area contributed by atoms with Gasteiger partial charge in [-0.05, 0) is 24.1 Å². The van der Waals surface area contributed by atoms with Crippen LogP contribution in [0.15, 0.2) is 36.4 Å². The van der Waals surface area contributed by atoms with Crippen molar-refractivity contribution in [3.05, 3.63) is 53.9 Å². The average Bonchev–Trinajstić information content (AvgIpc) is 3.02. The van der Waals surface area contributed by atoms with Crippen LogP contribution in [-0.4, -0.2) is 44.4 Å². The van der Waals surface area contributed by atoms with Crippen molar-refractivity contribution in [2.75, 3.05) is 13.1 Å². The predicted molar refractivity (Wildman–Crippen MR) is 90.7 cm³/mol. The molecule has 1 radical (unpaired) electrons. The highest BCUT2D eigenvalue weighted by Gasteiger charge is 2.20. The molecule has 7 heteroatoms. The Morgan fingerprint density at radius 1 is 1.12 bits per heavy atom. The molecule has 1 fully saturated rings. The van der Waals surface area contributed by atoms with Crippen LogP contribution >= 0.6 is 0 Å². The van der Waals surface area contributed by atoms with Gasteiger partial charge in [-0.25, -0.2) is 9.50 Å². The largest absolute Gasteiger partial charge is 0.365 e. The minimum atomic E-state index is -0.558. The van der Waals surface area contributed by atoms with Crippen LogP contribution in [0.3, 0.4) is 0 Å². The Balaban J connectivity index is 1.63. The maximum absolute atomic E-state index is 12.0. The van der Waals surface area contributed by atoms with Crippen LogP contribution in [0.25, 0.3) is 16.9 Å². The van der Waals surface area contributed by atoms with Gasteiger partial charge in [0.2, 0.25) is 12.2 Å². The molecule has 3 heterocycles. The van der Waals surface area contributed by atoms with E-state index >= 15 is 0 Å². The molecule has 3 aromatic rings. The van der Waals surface area contributed by atoms with Gasteiger partial charge in [0, 0.05) is 18.7 Å². The number of rotatable bonds is 4. The molecule has 1 aliphatic rings. The Bertz CT molecular complexity index is 957. The minimum Gasteiger partial charge on any atom is -0.365 e. The van der Waals surface area contributed by atoms with E-state index in [1.165, 1.54) is 0 Å². The number of primary amides is 1. The van der Waals surface area contributed by atoms with E-state index in [0.717, 1.165) is 36.3 Å². The van der Waals surface area contributed by atoms with Gasteiger partial charge in [-0.3, -0.25) is 9.59 Å². The zero-order valence-electron chi connectivity index (χ0n) is 13.5. The molecule has 0 saturated carbocycles. The van der Waals surface area contributed by atoms with Crippen LogP contribution in [0.2, 0.25) is 0 Å². The van der Waals surface area contributed by atoms with Crippen molar-refractivity contribution in [2.24, 2.45) is 5.73 Å². The number of fused-ring (bicyclic) bond motifs is 1. The van der Waals surface area contributed by atoms with Gasteiger partial charge in [-0.1, -0.05) is 24.3 Å². The molecule has 1 aromatic carbocycles. The second-order valence-corrected chi connectivity index (χ2v) is 6.05. The second-order valence-electron chi connectivity index (χ2n) is 6.05. The summed E-state index contributed by atoms with van der Waals surface area (Å²) < 4.78 is 1.54. The minimum absolute atomic E-state index is 0.165. The monoisotopic (exact) mass is 334 g/mol. The third-order valence-corrected chi connectivity index (χ3v) is 4.46. The molecule has 25 heavy (non-hydrogen) atoms. The van der Waals surface area contributed by atoms with E-state index in [9.17, 15) is 9.59 Å². The van der Waals surface area contributed by atoms with Gasteiger partial charge in [0.15, 0.2) is 5.65 Å². The average molecular weight is 334 g/mol. The molecule has 2 N–H and O–H groups in total. The molecule has 0 spiro atoms. The molecular weight excluding hydrogens is 318 g/mol. The lowest BCUT2D eigenvalue weighted by Crippen LogP contribution is -2.42. The van der Waals surface area contributed by atoms with Crippen LogP contribution in [0.4, 0.5) is 0 Å². The summed E-state index contributed by atoms with van der Waals surface area (Å²) in [7, 11) is 0. The summed E-state index contributed by atoms with van der Waals surface area (Å²) >= 11 is 0. The number of pyridine rings is 1. The number of aromatic nitrogens is 3. The lowest BCUT2D eigenvalue weighted by Gasteiger charge is -2.30. The summed E-state index contributed by atoms with van der Waals surface area (Å²) in [5.74, 6) is -0.393. The normalized spacial score (nSPS) is 13.7. The van der Waals surface area contributed by atoms with Crippen molar-refractivity contribution in [3.8, 4) is 11.3 Å². The first kappa shape index (κ1) is 15.3. The summed E-state index contributed by atoms with van der Waals surface area (Å²) in [4.78, 5) is 29.4. The summed E-state index contributed by atoms with van der Waals surface area (Å²) in [6.07, 6.45) is 4.02. The molecule has 4 rings (SSSR count). The maximum atomic E-state index is 12.0. The van der Waals surface area contributed by atoms with E-state index in [0.29, 0.717) is 17.6 Å². The highest BCUT2D eigenvalue weighted by atomic mass is 16.2. The van der Waals surface area contributed by atoms with Gasteiger partial charge in [-0.2, -0.15) is 0 Å². The van der Waals surface area contributed by atoms with Crippen molar-refractivity contribution < 1.29 is 9.59 Å². The van der Waals surface area contributed by atoms with Crippen LogP contribution in [0, 0.1) is 6.33 Å². The summed E-state index contributed by atoms with van der Waals surface area (Å²) in [6.45, 7) is 1.73. The van der Waals surface area contributed by atoms with E-state index in [1.807, 2.05) is 29.2 Å². The number of hydrogen-bond acceptors (Lipinski definition) is 4. The summed E-state index contributed by atoms with van der Waals surface area (Å²) in [6, 6.07) is 11.1. The zero-order chi connectivity index (χ0) is 17.4. The smallest absolute Gasteiger partial charge is 0.252 e. The lowest BCUT2D eigenvalue weighted by atomic mass is 10.0. The van der Waals surface area contributed by atoms with Crippen molar-refractivity contribution in [2.45, 2.75) is 12.8 Å². The molecule has 0 unspecified atom stereocenters. The van der Waals surface area contributed by atoms with Crippen LogP contribution in [-0.2, 0) is 11.2 Å². The van der Waals surface area contributed by atoms with E-state index in [1.54, 1.807) is 16.6 Å². The molecule has 0 aliphatic carbocycles. The fourth-order valence-electron chi connectivity index (χ4n) is 2.92. The Hall–Kier alpha value is -3.22. The van der Waals surface area contributed by atoms with Gasteiger partial charge in [0.05, 0.1) is 17.7 Å². The van der Waals surface area contributed by atoms with Crippen molar-refractivity contribution in [1.82, 2.24) is 19.5 Å². The molecular formula is C18H16N5O2. The van der Waals surface area contributed by atoms with Crippen LogP contribution in [0.1, 0.15) is 22.3 Å². The fourth-order valence-corrected chi connectivity index (χ4v) is 2.92. The third-order valence-electron chi connectivity index (χ3n) is 4.46. The van der Waals surface area contributed by atoms with E-state index in [-0.39, 0.29) is 5.91 Å². The SMILES string of the molecule is NC(=O)c1ccc(-c2ccc(CC(=O)N3CCC3)cc2)n2n[c]nc12. The standard InChI is InChI=1S/C18H16N5O2/c19-17(25)14-6-7-15(23-18(14)20-11-21-23)13-4-2-12(3-5-13)10-16(24)22-8-1-9-22/h2-7H,1,8-10H2,(H2,19,25). The van der Waals surface area contributed by atoms with Crippen LogP contribution < -0.4 is 5.73 Å². The number of nitrogens with two attached hydrogens (primary N) is 1. The first-order chi connectivity index (χ1) is 12.1. The number of carbonyl (C=O) groups excluding carboxylic acids is 2. The predicted octanol–water partition coefficient (Wildman–Crippen LogP) is 1.07. The number of benzene rings is 1. The zero-order valence-corrected chi connectivity index (χ0v) is 13.5. The number of amides is 2. The number of likely N-dealkylation sites (tertiary alicyclic amines) is 1. The van der Waals surface area contributed by atoms with Gasteiger partial charge in [0.1, 0.15) is 0 Å². The van der Waals surface area contributed by atoms with Gasteiger partial charge >= 0.3 is 0 Å². The van der Waals surface area contributed by atoms with E-state index in [4.69, 9.17) is 5.73 Å². The molecule has 7 nitrogen and oxygen atoms in total. The molecule has 0 atom stereocenters. The third kappa shape index (κ3) is 2.73. The first-order valence-corrected chi connectivity index (χ1v) is 8.06.